The summed E-state index contributed by atoms with van der Waals surface area (Å²) in [5.41, 5.74) is 2.01. The first-order chi connectivity index (χ1) is 12.6. The zero-order chi connectivity index (χ0) is 18.3. The van der Waals surface area contributed by atoms with Gasteiger partial charge in [0.05, 0.1) is 12.0 Å². The Kier molecular flexibility index (Phi) is 4.21. The molecule has 0 aliphatic carbocycles. The monoisotopic (exact) mass is 370 g/mol. The van der Waals surface area contributed by atoms with Crippen LogP contribution in [-0.4, -0.2) is 40.3 Å². The van der Waals surface area contributed by atoms with E-state index in [9.17, 15) is 10.1 Å². The normalized spacial score (nSPS) is 19.7. The molecule has 2 saturated heterocycles. The number of ether oxygens (including phenoxy) is 1. The van der Waals surface area contributed by atoms with Gasteiger partial charge in [-0.05, 0) is 48.5 Å². The number of thiocarbonyl (C=S) groups is 1. The van der Waals surface area contributed by atoms with Gasteiger partial charge in [-0.2, -0.15) is 5.01 Å². The van der Waals surface area contributed by atoms with E-state index in [1.165, 1.54) is 12.1 Å². The highest BCUT2D eigenvalue weighted by Gasteiger charge is 2.45. The standard InChI is InChI=1S/C18H18N4O3S/c1-25-16-9-3-13(4-10-16)17-19-11-2-12-20(19)18(26)21(17)14-5-7-15(8-6-14)22(23)24/h3-10,17H,2,11-12H2,1H3/t17-/m1/s1. The number of hydrazine groups is 1. The van der Waals surface area contributed by atoms with Gasteiger partial charge in [-0.25, -0.2) is 0 Å². The molecule has 0 saturated carbocycles. The van der Waals surface area contributed by atoms with E-state index >= 15 is 0 Å². The largest absolute Gasteiger partial charge is 0.497 e. The van der Waals surface area contributed by atoms with Crippen LogP contribution in [0.1, 0.15) is 18.2 Å². The highest BCUT2D eigenvalue weighted by atomic mass is 32.1. The van der Waals surface area contributed by atoms with Crippen molar-refractivity contribution in [2.75, 3.05) is 25.1 Å². The van der Waals surface area contributed by atoms with Gasteiger partial charge in [0.25, 0.3) is 5.69 Å². The summed E-state index contributed by atoms with van der Waals surface area (Å²) in [7, 11) is 1.64. The van der Waals surface area contributed by atoms with Crippen molar-refractivity contribution in [1.29, 1.82) is 0 Å². The first-order valence-corrected chi connectivity index (χ1v) is 8.76. The zero-order valence-corrected chi connectivity index (χ0v) is 15.1. The van der Waals surface area contributed by atoms with Crippen molar-refractivity contribution in [3.63, 3.8) is 0 Å². The van der Waals surface area contributed by atoms with Gasteiger partial charge in [0.15, 0.2) is 5.11 Å². The zero-order valence-electron chi connectivity index (χ0n) is 14.2. The molecule has 1 atom stereocenters. The number of non-ortho nitro benzene ring substituents is 1. The molecule has 26 heavy (non-hydrogen) atoms. The van der Waals surface area contributed by atoms with Gasteiger partial charge in [0, 0.05) is 30.9 Å². The van der Waals surface area contributed by atoms with E-state index in [4.69, 9.17) is 17.0 Å². The van der Waals surface area contributed by atoms with Gasteiger partial charge >= 0.3 is 0 Å². The smallest absolute Gasteiger partial charge is 0.269 e. The number of hydrogen-bond acceptors (Lipinski definition) is 5. The Morgan fingerprint density at radius 2 is 1.81 bits per heavy atom. The van der Waals surface area contributed by atoms with Gasteiger partial charge in [-0.3, -0.25) is 20.0 Å². The lowest BCUT2D eigenvalue weighted by atomic mass is 10.1. The van der Waals surface area contributed by atoms with E-state index in [1.807, 2.05) is 24.3 Å². The minimum atomic E-state index is -0.394. The topological polar surface area (TPSA) is 62.1 Å². The van der Waals surface area contributed by atoms with E-state index in [1.54, 1.807) is 19.2 Å². The summed E-state index contributed by atoms with van der Waals surface area (Å²) in [6, 6.07) is 14.5. The van der Waals surface area contributed by atoms with Crippen molar-refractivity contribution in [2.24, 2.45) is 0 Å². The molecule has 2 fully saturated rings. The number of hydrogen-bond donors (Lipinski definition) is 0. The quantitative estimate of drug-likeness (QED) is 0.465. The van der Waals surface area contributed by atoms with E-state index in [0.717, 1.165) is 41.6 Å². The average Bonchev–Trinajstić information content (AvgIpc) is 3.24. The summed E-state index contributed by atoms with van der Waals surface area (Å²) >= 11 is 5.72. The third-order valence-electron chi connectivity index (χ3n) is 4.77. The van der Waals surface area contributed by atoms with Crippen molar-refractivity contribution in [2.45, 2.75) is 12.6 Å². The summed E-state index contributed by atoms with van der Waals surface area (Å²) < 4.78 is 5.26. The highest BCUT2D eigenvalue weighted by Crippen LogP contribution is 2.41. The molecule has 7 nitrogen and oxygen atoms in total. The number of fused-ring (bicyclic) bond motifs is 1. The van der Waals surface area contributed by atoms with Crippen molar-refractivity contribution >= 4 is 28.7 Å². The van der Waals surface area contributed by atoms with Crippen LogP contribution in [0.5, 0.6) is 5.75 Å². The Morgan fingerprint density at radius 1 is 1.12 bits per heavy atom. The van der Waals surface area contributed by atoms with Crippen LogP contribution in [0.4, 0.5) is 11.4 Å². The molecule has 2 aliphatic rings. The fourth-order valence-corrected chi connectivity index (χ4v) is 3.94. The van der Waals surface area contributed by atoms with Gasteiger partial charge in [-0.1, -0.05) is 12.1 Å². The van der Waals surface area contributed by atoms with Crippen LogP contribution in [0, 0.1) is 10.1 Å². The summed E-state index contributed by atoms with van der Waals surface area (Å²) in [6.07, 6.45) is 0.985. The molecule has 0 unspecified atom stereocenters. The van der Waals surface area contributed by atoms with Crippen molar-refractivity contribution in [1.82, 2.24) is 10.0 Å². The maximum absolute atomic E-state index is 10.9. The van der Waals surface area contributed by atoms with Gasteiger partial charge < -0.3 is 4.74 Å². The molecule has 0 radical (unpaired) electrons. The second-order valence-corrected chi connectivity index (χ2v) is 6.58. The van der Waals surface area contributed by atoms with Gasteiger partial charge in [-0.15, -0.1) is 0 Å². The number of methoxy groups -OCH3 is 1. The predicted molar refractivity (Wildman–Crippen MR) is 102 cm³/mol. The molecule has 0 aromatic heterocycles. The molecule has 134 valence electrons. The Labute approximate surface area is 156 Å². The fraction of sp³-hybridized carbons (Fsp3) is 0.278. The molecule has 0 spiro atoms. The van der Waals surface area contributed by atoms with Crippen LogP contribution >= 0.6 is 12.2 Å². The van der Waals surface area contributed by atoms with E-state index in [2.05, 4.69) is 14.9 Å². The maximum atomic E-state index is 10.9. The second kappa shape index (κ2) is 6.54. The Balaban J connectivity index is 1.74. The lowest BCUT2D eigenvalue weighted by molar-refractivity contribution is -0.384. The third-order valence-corrected chi connectivity index (χ3v) is 5.18. The minimum absolute atomic E-state index is 0.0701. The Bertz CT molecular complexity index is 841. The third kappa shape index (κ3) is 2.67. The SMILES string of the molecule is COc1ccc([C@H]2N(c3ccc([N+](=O)[O-])cc3)C(=S)N3CCCN23)cc1. The number of anilines is 1. The van der Waals surface area contributed by atoms with Crippen LogP contribution in [0.15, 0.2) is 48.5 Å². The number of nitrogens with zero attached hydrogens (tertiary/aromatic N) is 4. The molecule has 0 N–H and O–H groups in total. The van der Waals surface area contributed by atoms with Crippen LogP contribution in [0.3, 0.4) is 0 Å². The first kappa shape index (κ1) is 16.7. The Morgan fingerprint density at radius 3 is 2.42 bits per heavy atom. The second-order valence-electron chi connectivity index (χ2n) is 6.21. The van der Waals surface area contributed by atoms with E-state index < -0.39 is 4.92 Å². The molecule has 2 aromatic carbocycles. The fourth-order valence-electron chi connectivity index (χ4n) is 3.54. The minimum Gasteiger partial charge on any atom is -0.497 e. The van der Waals surface area contributed by atoms with E-state index in [0.29, 0.717) is 0 Å². The van der Waals surface area contributed by atoms with Crippen LogP contribution in [0.25, 0.3) is 0 Å². The number of nitro benzene ring substituents is 1. The van der Waals surface area contributed by atoms with Crippen LogP contribution < -0.4 is 9.64 Å². The van der Waals surface area contributed by atoms with Crippen LogP contribution in [0.2, 0.25) is 0 Å². The molecule has 2 aliphatic heterocycles. The van der Waals surface area contributed by atoms with Crippen LogP contribution in [-0.2, 0) is 0 Å². The average molecular weight is 370 g/mol. The number of rotatable bonds is 4. The summed E-state index contributed by atoms with van der Waals surface area (Å²) in [6.45, 7) is 1.80. The molecular formula is C18H18N4O3S. The molecule has 0 bridgehead atoms. The molecular weight excluding hydrogens is 352 g/mol. The van der Waals surface area contributed by atoms with E-state index in [-0.39, 0.29) is 11.9 Å². The molecule has 2 heterocycles. The van der Waals surface area contributed by atoms with Crippen molar-refractivity contribution in [3.05, 3.63) is 64.2 Å². The lowest BCUT2D eigenvalue weighted by Crippen LogP contribution is -2.32. The molecule has 4 rings (SSSR count). The predicted octanol–water partition coefficient (Wildman–Crippen LogP) is 3.33. The summed E-state index contributed by atoms with van der Waals surface area (Å²) in [5, 5.41) is 16.0. The molecule has 0 amide bonds. The first-order valence-electron chi connectivity index (χ1n) is 8.36. The summed E-state index contributed by atoms with van der Waals surface area (Å²) in [5.74, 6) is 0.800. The highest BCUT2D eigenvalue weighted by molar-refractivity contribution is 7.80. The van der Waals surface area contributed by atoms with Gasteiger partial charge in [0.1, 0.15) is 11.9 Å². The maximum Gasteiger partial charge on any atom is 0.269 e. The lowest BCUT2D eigenvalue weighted by Gasteiger charge is -2.28. The van der Waals surface area contributed by atoms with Crippen molar-refractivity contribution in [3.8, 4) is 5.75 Å². The number of nitro groups is 1. The summed E-state index contributed by atoms with van der Waals surface area (Å²) in [4.78, 5) is 12.6. The molecule has 8 heteroatoms. The van der Waals surface area contributed by atoms with Gasteiger partial charge in [0.2, 0.25) is 0 Å². The Hall–Kier alpha value is -2.71. The van der Waals surface area contributed by atoms with Crippen molar-refractivity contribution < 1.29 is 9.66 Å². The number of benzene rings is 2. The molecule has 2 aromatic rings.